The van der Waals surface area contributed by atoms with Crippen LogP contribution in [0.1, 0.15) is 16.7 Å². The number of aryl methyl sites for hydroxylation is 1. The van der Waals surface area contributed by atoms with Crippen molar-refractivity contribution < 1.29 is 0 Å². The van der Waals surface area contributed by atoms with Crippen LogP contribution in [0.3, 0.4) is 0 Å². The maximum Gasteiger partial charge on any atom is 0.155 e. The third-order valence-corrected chi connectivity index (χ3v) is 3.80. The van der Waals surface area contributed by atoms with Crippen molar-refractivity contribution in [2.45, 2.75) is 20.0 Å². The molecule has 0 aliphatic heterocycles. The van der Waals surface area contributed by atoms with Crippen molar-refractivity contribution in [1.29, 1.82) is 0 Å². The van der Waals surface area contributed by atoms with E-state index in [0.29, 0.717) is 0 Å². The van der Waals surface area contributed by atoms with Gasteiger partial charge < -0.3 is 5.32 Å². The number of aromatic nitrogens is 3. The van der Waals surface area contributed by atoms with Crippen LogP contribution in [-0.2, 0) is 13.1 Å². The Kier molecular flexibility index (Phi) is 4.51. The highest BCUT2D eigenvalue weighted by molar-refractivity contribution is 6.30. The number of H-pyrrole nitrogens is 1. The Hall–Kier alpha value is -2.17. The van der Waals surface area contributed by atoms with Crippen molar-refractivity contribution in [3.8, 4) is 11.4 Å². The van der Waals surface area contributed by atoms with Gasteiger partial charge >= 0.3 is 0 Å². The lowest BCUT2D eigenvalue weighted by atomic mass is 10.1. The number of halogens is 1. The van der Waals surface area contributed by atoms with Gasteiger partial charge in [0.25, 0.3) is 0 Å². The molecule has 0 aliphatic carbocycles. The number of nitrogens with one attached hydrogen (secondary N) is 2. The third-order valence-electron chi connectivity index (χ3n) is 3.56. The molecule has 4 nitrogen and oxygen atoms in total. The van der Waals surface area contributed by atoms with Gasteiger partial charge in [-0.1, -0.05) is 35.9 Å². The van der Waals surface area contributed by atoms with Gasteiger partial charge in [0.05, 0.1) is 0 Å². The van der Waals surface area contributed by atoms with Gasteiger partial charge in [0.2, 0.25) is 0 Å². The van der Waals surface area contributed by atoms with Gasteiger partial charge in [0.15, 0.2) is 5.82 Å². The van der Waals surface area contributed by atoms with Crippen LogP contribution in [-0.4, -0.2) is 15.2 Å². The molecular formula is C17H17ClN4. The first-order valence-electron chi connectivity index (χ1n) is 7.13. The van der Waals surface area contributed by atoms with Gasteiger partial charge in [-0.3, -0.25) is 5.10 Å². The molecular weight excluding hydrogens is 296 g/mol. The fraction of sp³-hybridized carbons (Fsp3) is 0.176. The normalized spacial score (nSPS) is 10.8. The van der Waals surface area contributed by atoms with Gasteiger partial charge in [-0.25, -0.2) is 4.98 Å². The van der Waals surface area contributed by atoms with Crippen LogP contribution in [0.4, 0.5) is 0 Å². The minimum atomic E-state index is 0.779. The Balaban J connectivity index is 1.63. The second-order valence-corrected chi connectivity index (χ2v) is 5.65. The van der Waals surface area contributed by atoms with Gasteiger partial charge in [0, 0.05) is 23.7 Å². The van der Waals surface area contributed by atoms with E-state index in [4.69, 9.17) is 11.6 Å². The summed E-state index contributed by atoms with van der Waals surface area (Å²) >= 11 is 5.98. The highest BCUT2D eigenvalue weighted by atomic mass is 35.5. The molecule has 1 aromatic heterocycles. The van der Waals surface area contributed by atoms with Crippen LogP contribution in [0.5, 0.6) is 0 Å². The monoisotopic (exact) mass is 312 g/mol. The molecule has 0 fully saturated rings. The van der Waals surface area contributed by atoms with Crippen molar-refractivity contribution in [3.05, 3.63) is 70.5 Å². The summed E-state index contributed by atoms with van der Waals surface area (Å²) in [6.45, 7) is 3.69. The number of aromatic amines is 1. The topological polar surface area (TPSA) is 53.6 Å². The van der Waals surface area contributed by atoms with Crippen LogP contribution >= 0.6 is 11.6 Å². The Morgan fingerprint density at radius 1 is 1.14 bits per heavy atom. The first kappa shape index (κ1) is 14.8. The molecule has 0 spiro atoms. The fourth-order valence-corrected chi connectivity index (χ4v) is 2.60. The Morgan fingerprint density at radius 2 is 2.05 bits per heavy atom. The molecule has 0 bridgehead atoms. The number of hydrogen-bond donors (Lipinski definition) is 2. The Bertz CT molecular complexity index is 753. The van der Waals surface area contributed by atoms with E-state index in [9.17, 15) is 0 Å². The van der Waals surface area contributed by atoms with Crippen LogP contribution in [0, 0.1) is 6.92 Å². The van der Waals surface area contributed by atoms with Gasteiger partial charge in [0.1, 0.15) is 6.33 Å². The first-order valence-corrected chi connectivity index (χ1v) is 7.50. The summed E-state index contributed by atoms with van der Waals surface area (Å²) < 4.78 is 0. The Morgan fingerprint density at radius 3 is 2.82 bits per heavy atom. The highest BCUT2D eigenvalue weighted by Gasteiger charge is 2.03. The number of hydrogen-bond acceptors (Lipinski definition) is 3. The minimum Gasteiger partial charge on any atom is -0.309 e. The van der Waals surface area contributed by atoms with Crippen molar-refractivity contribution in [3.63, 3.8) is 0 Å². The van der Waals surface area contributed by atoms with E-state index in [2.05, 4.69) is 45.6 Å². The average Bonchev–Trinajstić information content (AvgIpc) is 3.04. The molecule has 112 valence electrons. The van der Waals surface area contributed by atoms with E-state index in [-0.39, 0.29) is 0 Å². The maximum atomic E-state index is 5.98. The zero-order chi connectivity index (χ0) is 15.4. The van der Waals surface area contributed by atoms with E-state index in [1.807, 2.05) is 24.3 Å². The summed E-state index contributed by atoms with van der Waals surface area (Å²) in [6.07, 6.45) is 1.52. The zero-order valence-corrected chi connectivity index (χ0v) is 13.1. The molecule has 0 radical (unpaired) electrons. The molecule has 0 saturated heterocycles. The summed E-state index contributed by atoms with van der Waals surface area (Å²) in [4.78, 5) is 4.18. The van der Waals surface area contributed by atoms with Gasteiger partial charge in [-0.2, -0.15) is 5.10 Å². The number of benzene rings is 2. The zero-order valence-electron chi connectivity index (χ0n) is 12.3. The lowest BCUT2D eigenvalue weighted by Crippen LogP contribution is -2.13. The summed E-state index contributed by atoms with van der Waals surface area (Å²) in [6, 6.07) is 14.2. The van der Waals surface area contributed by atoms with E-state index >= 15 is 0 Å². The van der Waals surface area contributed by atoms with Gasteiger partial charge in [-0.15, -0.1) is 0 Å². The highest BCUT2D eigenvalue weighted by Crippen LogP contribution is 2.17. The molecule has 0 aliphatic rings. The number of nitrogens with zero attached hydrogens (tertiary/aromatic N) is 2. The second kappa shape index (κ2) is 6.73. The molecule has 3 aromatic rings. The largest absolute Gasteiger partial charge is 0.309 e. The first-order chi connectivity index (χ1) is 10.7. The molecule has 0 amide bonds. The second-order valence-electron chi connectivity index (χ2n) is 5.21. The molecule has 22 heavy (non-hydrogen) atoms. The third kappa shape index (κ3) is 3.53. The van der Waals surface area contributed by atoms with Crippen LogP contribution < -0.4 is 5.32 Å². The fourth-order valence-electron chi connectivity index (χ4n) is 2.37. The standard InChI is InChI=1S/C17H17ClN4/c1-12-7-16(18)6-5-15(12)10-19-9-13-3-2-4-14(8-13)17-20-11-21-22-17/h2-8,11,19H,9-10H2,1H3,(H,20,21,22). The lowest BCUT2D eigenvalue weighted by Gasteiger charge is -2.09. The van der Waals surface area contributed by atoms with E-state index in [1.165, 1.54) is 23.0 Å². The predicted octanol–water partition coefficient (Wildman–Crippen LogP) is 3.72. The Labute approximate surface area is 134 Å². The van der Waals surface area contributed by atoms with Crippen LogP contribution in [0.2, 0.25) is 5.02 Å². The van der Waals surface area contributed by atoms with Crippen LogP contribution in [0.15, 0.2) is 48.8 Å². The predicted molar refractivity (Wildman–Crippen MR) is 88.6 cm³/mol. The maximum absolute atomic E-state index is 5.98. The van der Waals surface area contributed by atoms with E-state index in [0.717, 1.165) is 29.5 Å². The molecule has 2 N–H and O–H groups in total. The van der Waals surface area contributed by atoms with Crippen molar-refractivity contribution in [2.24, 2.45) is 0 Å². The minimum absolute atomic E-state index is 0.779. The van der Waals surface area contributed by atoms with E-state index < -0.39 is 0 Å². The summed E-state index contributed by atoms with van der Waals surface area (Å²) in [7, 11) is 0. The van der Waals surface area contributed by atoms with Crippen molar-refractivity contribution in [1.82, 2.24) is 20.5 Å². The van der Waals surface area contributed by atoms with Crippen molar-refractivity contribution in [2.75, 3.05) is 0 Å². The van der Waals surface area contributed by atoms with Gasteiger partial charge in [-0.05, 0) is 41.8 Å². The smallest absolute Gasteiger partial charge is 0.155 e. The molecule has 3 rings (SSSR count). The average molecular weight is 313 g/mol. The lowest BCUT2D eigenvalue weighted by molar-refractivity contribution is 0.691. The molecule has 5 heteroatoms. The quantitative estimate of drug-likeness (QED) is 0.755. The summed E-state index contributed by atoms with van der Waals surface area (Å²) in [5.74, 6) is 0.787. The molecule has 0 saturated carbocycles. The molecule has 0 unspecified atom stereocenters. The molecule has 2 aromatic carbocycles. The summed E-state index contributed by atoms with van der Waals surface area (Å²) in [5, 5.41) is 11.0. The number of rotatable bonds is 5. The molecule has 0 atom stereocenters. The van der Waals surface area contributed by atoms with Crippen LogP contribution in [0.25, 0.3) is 11.4 Å². The summed E-state index contributed by atoms with van der Waals surface area (Å²) in [5.41, 5.74) is 4.71. The van der Waals surface area contributed by atoms with E-state index in [1.54, 1.807) is 0 Å². The molecule has 1 heterocycles. The SMILES string of the molecule is Cc1cc(Cl)ccc1CNCc1cccc(-c2ncn[nH]2)c1. The van der Waals surface area contributed by atoms with Crippen molar-refractivity contribution >= 4 is 11.6 Å².